The van der Waals surface area contributed by atoms with E-state index in [1.54, 1.807) is 6.07 Å². The van der Waals surface area contributed by atoms with Crippen LogP contribution >= 0.6 is 0 Å². The van der Waals surface area contributed by atoms with Gasteiger partial charge in [0.05, 0.1) is 0 Å². The summed E-state index contributed by atoms with van der Waals surface area (Å²) >= 11 is 0. The molecule has 2 rings (SSSR count). The molecule has 1 aliphatic heterocycles. The predicted octanol–water partition coefficient (Wildman–Crippen LogP) is 1.97. The van der Waals surface area contributed by atoms with Gasteiger partial charge in [0, 0.05) is 18.1 Å². The zero-order valence-corrected chi connectivity index (χ0v) is 10.9. The van der Waals surface area contributed by atoms with E-state index in [0.717, 1.165) is 19.5 Å². The lowest BCUT2D eigenvalue weighted by Crippen LogP contribution is -2.43. The molecule has 0 radical (unpaired) electrons. The van der Waals surface area contributed by atoms with Crippen LogP contribution in [0.5, 0.6) is 5.75 Å². The van der Waals surface area contributed by atoms with E-state index in [-0.39, 0.29) is 5.54 Å². The van der Waals surface area contributed by atoms with Crippen LogP contribution in [0.4, 0.5) is 0 Å². The molecular formula is C14H22N2O. The van der Waals surface area contributed by atoms with Crippen molar-refractivity contribution in [2.24, 2.45) is 0 Å². The topological polar surface area (TPSA) is 44.3 Å². The fraction of sp³-hybridized carbons (Fsp3) is 0.571. The van der Waals surface area contributed by atoms with Crippen LogP contribution in [-0.4, -0.2) is 23.7 Å². The average molecular weight is 234 g/mol. The molecule has 0 amide bonds. The molecule has 0 saturated carbocycles. The van der Waals surface area contributed by atoms with Gasteiger partial charge in [0.25, 0.3) is 0 Å². The molecule has 3 N–H and O–H groups in total. The second kappa shape index (κ2) is 4.67. The van der Waals surface area contributed by atoms with Gasteiger partial charge in [0.15, 0.2) is 0 Å². The van der Waals surface area contributed by atoms with Crippen molar-refractivity contribution >= 4 is 0 Å². The highest BCUT2D eigenvalue weighted by atomic mass is 16.3. The molecule has 1 heterocycles. The molecule has 3 nitrogen and oxygen atoms in total. The lowest BCUT2D eigenvalue weighted by atomic mass is 9.93. The van der Waals surface area contributed by atoms with E-state index >= 15 is 0 Å². The molecule has 94 valence electrons. The molecule has 0 aliphatic carbocycles. The van der Waals surface area contributed by atoms with E-state index in [1.165, 1.54) is 11.1 Å². The molecule has 1 aromatic rings. The second-order valence-electron chi connectivity index (χ2n) is 5.77. The molecule has 1 aliphatic rings. The number of aromatic hydroxyl groups is 1. The summed E-state index contributed by atoms with van der Waals surface area (Å²) in [6.07, 6.45) is 0.996. The Hall–Kier alpha value is -1.06. The predicted molar refractivity (Wildman–Crippen MR) is 70.3 cm³/mol. The molecule has 17 heavy (non-hydrogen) atoms. The van der Waals surface area contributed by atoms with Gasteiger partial charge in [-0.3, -0.25) is 0 Å². The summed E-state index contributed by atoms with van der Waals surface area (Å²) < 4.78 is 0. The van der Waals surface area contributed by atoms with E-state index in [2.05, 4.69) is 31.4 Å². The molecule has 3 heteroatoms. The minimum Gasteiger partial charge on any atom is -0.508 e. The highest BCUT2D eigenvalue weighted by molar-refractivity contribution is 5.38. The van der Waals surface area contributed by atoms with Crippen molar-refractivity contribution in [1.29, 1.82) is 0 Å². The SMILES string of the molecule is CC(C)(C)NCC1NCCc2cc(O)ccc21. The van der Waals surface area contributed by atoms with Crippen LogP contribution in [-0.2, 0) is 6.42 Å². The lowest BCUT2D eigenvalue weighted by Gasteiger charge is -2.30. The Labute approximate surface area is 103 Å². The smallest absolute Gasteiger partial charge is 0.115 e. The van der Waals surface area contributed by atoms with Gasteiger partial charge in [0.1, 0.15) is 5.75 Å². The van der Waals surface area contributed by atoms with Crippen molar-refractivity contribution < 1.29 is 5.11 Å². The van der Waals surface area contributed by atoms with Crippen molar-refractivity contribution in [3.05, 3.63) is 29.3 Å². The van der Waals surface area contributed by atoms with E-state index < -0.39 is 0 Å². The van der Waals surface area contributed by atoms with Crippen molar-refractivity contribution in [3.8, 4) is 5.75 Å². The first-order valence-corrected chi connectivity index (χ1v) is 6.26. The summed E-state index contributed by atoms with van der Waals surface area (Å²) in [6.45, 7) is 8.42. The third-order valence-corrected chi connectivity index (χ3v) is 3.12. The van der Waals surface area contributed by atoms with Crippen LogP contribution in [0, 0.1) is 0 Å². The molecule has 1 atom stereocenters. The standard InChI is InChI=1S/C14H22N2O/c1-14(2,3)16-9-13-12-5-4-11(17)8-10(12)6-7-15-13/h4-5,8,13,15-17H,6-7,9H2,1-3H3. The first kappa shape index (κ1) is 12.4. The van der Waals surface area contributed by atoms with Crippen LogP contribution in [0.2, 0.25) is 0 Å². The zero-order valence-electron chi connectivity index (χ0n) is 10.9. The minimum absolute atomic E-state index is 0.135. The summed E-state index contributed by atoms with van der Waals surface area (Å²) in [4.78, 5) is 0. The molecule has 1 unspecified atom stereocenters. The Morgan fingerprint density at radius 2 is 2.18 bits per heavy atom. The first-order valence-electron chi connectivity index (χ1n) is 6.26. The molecule has 0 saturated heterocycles. The fourth-order valence-electron chi connectivity index (χ4n) is 2.23. The third kappa shape index (κ3) is 3.20. The fourth-order valence-corrected chi connectivity index (χ4v) is 2.23. The van der Waals surface area contributed by atoms with Crippen LogP contribution in [0.15, 0.2) is 18.2 Å². The van der Waals surface area contributed by atoms with Gasteiger partial charge in [-0.05, 0) is 57.0 Å². The van der Waals surface area contributed by atoms with Crippen molar-refractivity contribution in [1.82, 2.24) is 10.6 Å². The van der Waals surface area contributed by atoms with Crippen molar-refractivity contribution in [3.63, 3.8) is 0 Å². The molecule has 0 aromatic heterocycles. The van der Waals surface area contributed by atoms with Crippen LogP contribution in [0.3, 0.4) is 0 Å². The van der Waals surface area contributed by atoms with Crippen LogP contribution in [0.1, 0.15) is 37.9 Å². The number of rotatable bonds is 2. The van der Waals surface area contributed by atoms with Gasteiger partial charge in [-0.2, -0.15) is 0 Å². The Morgan fingerprint density at radius 3 is 2.88 bits per heavy atom. The summed E-state index contributed by atoms with van der Waals surface area (Å²) in [5, 5.41) is 16.5. The largest absolute Gasteiger partial charge is 0.508 e. The van der Waals surface area contributed by atoms with Gasteiger partial charge in [-0.15, -0.1) is 0 Å². The summed E-state index contributed by atoms with van der Waals surface area (Å²) in [5.74, 6) is 0.369. The molecular weight excluding hydrogens is 212 g/mol. The highest BCUT2D eigenvalue weighted by Crippen LogP contribution is 2.26. The molecule has 1 aromatic carbocycles. The lowest BCUT2D eigenvalue weighted by molar-refractivity contribution is 0.374. The monoisotopic (exact) mass is 234 g/mol. The highest BCUT2D eigenvalue weighted by Gasteiger charge is 2.21. The maximum absolute atomic E-state index is 9.50. The van der Waals surface area contributed by atoms with Gasteiger partial charge < -0.3 is 15.7 Å². The Bertz CT molecular complexity index is 396. The number of fused-ring (bicyclic) bond motifs is 1. The maximum Gasteiger partial charge on any atom is 0.115 e. The second-order valence-corrected chi connectivity index (χ2v) is 5.77. The van der Waals surface area contributed by atoms with Crippen LogP contribution < -0.4 is 10.6 Å². The number of hydrogen-bond acceptors (Lipinski definition) is 3. The summed E-state index contributed by atoms with van der Waals surface area (Å²) in [5.41, 5.74) is 2.71. The third-order valence-electron chi connectivity index (χ3n) is 3.12. The number of hydrogen-bond donors (Lipinski definition) is 3. The maximum atomic E-state index is 9.50. The van der Waals surface area contributed by atoms with E-state index in [4.69, 9.17) is 0 Å². The Balaban J connectivity index is 2.12. The van der Waals surface area contributed by atoms with Gasteiger partial charge in [0.2, 0.25) is 0 Å². The Morgan fingerprint density at radius 1 is 1.41 bits per heavy atom. The number of phenols is 1. The molecule has 0 fully saturated rings. The van der Waals surface area contributed by atoms with Crippen LogP contribution in [0.25, 0.3) is 0 Å². The first-order chi connectivity index (χ1) is 7.96. The number of nitrogens with one attached hydrogen (secondary N) is 2. The van der Waals surface area contributed by atoms with E-state index in [9.17, 15) is 5.11 Å². The molecule has 0 spiro atoms. The average Bonchev–Trinajstić information content (AvgIpc) is 2.24. The number of benzene rings is 1. The normalized spacial score (nSPS) is 20.1. The number of phenolic OH excluding ortho intramolecular Hbond substituents is 1. The summed E-state index contributed by atoms with van der Waals surface area (Å²) in [6, 6.07) is 6.04. The van der Waals surface area contributed by atoms with Crippen molar-refractivity contribution in [2.45, 2.75) is 38.8 Å². The zero-order chi connectivity index (χ0) is 12.5. The summed E-state index contributed by atoms with van der Waals surface area (Å²) in [7, 11) is 0. The minimum atomic E-state index is 0.135. The molecule has 0 bridgehead atoms. The van der Waals surface area contributed by atoms with Gasteiger partial charge >= 0.3 is 0 Å². The van der Waals surface area contributed by atoms with E-state index in [1.807, 2.05) is 12.1 Å². The van der Waals surface area contributed by atoms with Crippen molar-refractivity contribution in [2.75, 3.05) is 13.1 Å². The van der Waals surface area contributed by atoms with Gasteiger partial charge in [-0.25, -0.2) is 0 Å². The Kier molecular flexibility index (Phi) is 3.40. The quantitative estimate of drug-likeness (QED) is 0.733. The van der Waals surface area contributed by atoms with Gasteiger partial charge in [-0.1, -0.05) is 6.07 Å². The van der Waals surface area contributed by atoms with E-state index in [0.29, 0.717) is 11.8 Å².